The van der Waals surface area contributed by atoms with Crippen LogP contribution in [0.3, 0.4) is 0 Å². The number of benzene rings is 1. The van der Waals surface area contributed by atoms with Crippen LogP contribution in [0.2, 0.25) is 0 Å². The first kappa shape index (κ1) is 19.9. The van der Waals surface area contributed by atoms with Crippen molar-refractivity contribution < 1.29 is 13.6 Å². The summed E-state index contributed by atoms with van der Waals surface area (Å²) in [6.45, 7) is 4.22. The number of hydrogen-bond donors (Lipinski definition) is 0. The molecule has 0 fully saturated rings. The molecular weight excluding hydrogens is 400 g/mol. The monoisotopic (exact) mass is 425 g/mol. The van der Waals surface area contributed by atoms with Crippen LogP contribution in [0.1, 0.15) is 37.3 Å². The summed E-state index contributed by atoms with van der Waals surface area (Å²) in [6, 6.07) is 3.53. The van der Waals surface area contributed by atoms with Gasteiger partial charge in [0.25, 0.3) is 6.43 Å². The zero-order valence-electron chi connectivity index (χ0n) is 17.7. The van der Waals surface area contributed by atoms with Crippen LogP contribution in [0.15, 0.2) is 40.7 Å². The van der Waals surface area contributed by atoms with E-state index < -0.39 is 6.43 Å². The van der Waals surface area contributed by atoms with Gasteiger partial charge in [-0.1, -0.05) is 0 Å². The number of carbonyl (C=O) groups is 1. The Kier molecular flexibility index (Phi) is 4.87. The zero-order valence-corrected chi connectivity index (χ0v) is 17.7. The van der Waals surface area contributed by atoms with E-state index in [9.17, 15) is 13.6 Å². The predicted octanol–water partition coefficient (Wildman–Crippen LogP) is 3.74. The fourth-order valence-corrected chi connectivity index (χ4v) is 4.85. The second-order valence-electron chi connectivity index (χ2n) is 8.44. The van der Waals surface area contributed by atoms with E-state index in [2.05, 4.69) is 10.00 Å². The summed E-state index contributed by atoms with van der Waals surface area (Å²) < 4.78 is 29.8. The first-order valence-electron chi connectivity index (χ1n) is 10.6. The number of carbonyl (C=O) groups excluding carboxylic acids is 1. The lowest BCUT2D eigenvalue weighted by Crippen LogP contribution is -2.42. The molecule has 6 nitrogen and oxygen atoms in total. The molecule has 3 aliphatic heterocycles. The molecule has 0 aliphatic carbocycles. The molecule has 0 spiro atoms. The van der Waals surface area contributed by atoms with Crippen molar-refractivity contribution >= 4 is 17.4 Å². The van der Waals surface area contributed by atoms with Gasteiger partial charge in [0.05, 0.1) is 12.7 Å². The Morgan fingerprint density at radius 3 is 2.74 bits per heavy atom. The highest BCUT2D eigenvalue weighted by atomic mass is 19.3. The zero-order chi connectivity index (χ0) is 21.7. The van der Waals surface area contributed by atoms with E-state index in [1.54, 1.807) is 37.1 Å². The normalized spacial score (nSPS) is 18.4. The Morgan fingerprint density at radius 1 is 1.19 bits per heavy atom. The minimum Gasteiger partial charge on any atom is -0.338 e. The van der Waals surface area contributed by atoms with E-state index >= 15 is 0 Å². The number of aliphatic imine (C=N–C) groups is 1. The fraction of sp³-hybridized carbons (Fsp3) is 0.435. The molecule has 1 aromatic carbocycles. The quantitative estimate of drug-likeness (QED) is 0.737. The Labute approximate surface area is 179 Å². The highest BCUT2D eigenvalue weighted by molar-refractivity contribution is 6.13. The standard InChI is InChI=1S/C23H25F2N5O/c1-14(31)29-7-5-16-10-26-23(20(16)13-29)30-6-3-4-15-8-18(17-11-27-28(2)12-17)19(22(24)25)9-21(15)30/h8-9,11-12,22H,3-7,10,13H2,1-2H3. The van der Waals surface area contributed by atoms with Gasteiger partial charge in [-0.15, -0.1) is 0 Å². The molecular formula is C23H25F2N5O. The SMILES string of the molecule is CC(=O)N1CCC2=C(C1)C(N1CCCc3cc(-c4cnn(C)c4)c(C(F)F)cc31)=NC2. The molecule has 0 atom stereocenters. The number of aromatic nitrogens is 2. The molecule has 1 aromatic heterocycles. The molecule has 162 valence electrons. The second-order valence-corrected chi connectivity index (χ2v) is 8.44. The molecule has 8 heteroatoms. The smallest absolute Gasteiger partial charge is 0.264 e. The van der Waals surface area contributed by atoms with Crippen LogP contribution in [0.4, 0.5) is 14.5 Å². The van der Waals surface area contributed by atoms with Gasteiger partial charge in [-0.05, 0) is 48.1 Å². The number of amides is 1. The summed E-state index contributed by atoms with van der Waals surface area (Å²) >= 11 is 0. The van der Waals surface area contributed by atoms with Crippen molar-refractivity contribution in [1.82, 2.24) is 14.7 Å². The highest BCUT2D eigenvalue weighted by Gasteiger charge is 2.33. The van der Waals surface area contributed by atoms with E-state index in [0.29, 0.717) is 24.2 Å². The van der Waals surface area contributed by atoms with E-state index in [4.69, 9.17) is 4.99 Å². The van der Waals surface area contributed by atoms with E-state index in [0.717, 1.165) is 55.0 Å². The van der Waals surface area contributed by atoms with Gasteiger partial charge in [-0.2, -0.15) is 5.10 Å². The van der Waals surface area contributed by atoms with E-state index in [1.807, 2.05) is 11.0 Å². The average molecular weight is 425 g/mol. The van der Waals surface area contributed by atoms with Gasteiger partial charge in [0.1, 0.15) is 5.84 Å². The topological polar surface area (TPSA) is 53.7 Å². The van der Waals surface area contributed by atoms with E-state index in [-0.39, 0.29) is 11.5 Å². The predicted molar refractivity (Wildman–Crippen MR) is 115 cm³/mol. The Morgan fingerprint density at radius 2 is 2.03 bits per heavy atom. The van der Waals surface area contributed by atoms with Crippen LogP contribution in [-0.4, -0.2) is 52.6 Å². The number of nitrogens with zero attached hydrogens (tertiary/aromatic N) is 5. The summed E-state index contributed by atoms with van der Waals surface area (Å²) in [6.07, 6.45) is 3.39. The maximum absolute atomic E-state index is 14.1. The number of hydrogen-bond acceptors (Lipinski definition) is 4. The average Bonchev–Trinajstić information content (AvgIpc) is 3.38. The van der Waals surface area contributed by atoms with Crippen LogP contribution >= 0.6 is 0 Å². The van der Waals surface area contributed by atoms with Crippen LogP contribution in [0.5, 0.6) is 0 Å². The fourth-order valence-electron chi connectivity index (χ4n) is 4.85. The molecule has 5 rings (SSSR count). The van der Waals surface area contributed by atoms with Gasteiger partial charge >= 0.3 is 0 Å². The summed E-state index contributed by atoms with van der Waals surface area (Å²) in [4.78, 5) is 20.6. The number of rotatable bonds is 2. The van der Waals surface area contributed by atoms with Gasteiger partial charge in [-0.25, -0.2) is 8.78 Å². The van der Waals surface area contributed by atoms with Crippen molar-refractivity contribution in [2.24, 2.45) is 12.0 Å². The van der Waals surface area contributed by atoms with Gasteiger partial charge in [0.15, 0.2) is 0 Å². The Bertz CT molecular complexity index is 1120. The molecule has 3 aliphatic rings. The maximum Gasteiger partial charge on any atom is 0.264 e. The first-order valence-corrected chi connectivity index (χ1v) is 10.6. The molecule has 31 heavy (non-hydrogen) atoms. The van der Waals surface area contributed by atoms with Crippen molar-refractivity contribution in [2.45, 2.75) is 32.6 Å². The number of amidine groups is 1. The summed E-state index contributed by atoms with van der Waals surface area (Å²) in [5.41, 5.74) is 5.46. The summed E-state index contributed by atoms with van der Waals surface area (Å²) in [5, 5.41) is 4.15. The number of alkyl halides is 2. The largest absolute Gasteiger partial charge is 0.338 e. The lowest BCUT2D eigenvalue weighted by Gasteiger charge is -2.35. The third-order valence-corrected chi connectivity index (χ3v) is 6.47. The van der Waals surface area contributed by atoms with E-state index in [1.165, 1.54) is 5.57 Å². The van der Waals surface area contributed by atoms with Crippen molar-refractivity contribution in [1.29, 1.82) is 0 Å². The summed E-state index contributed by atoms with van der Waals surface area (Å²) in [5.74, 6) is 0.897. The third kappa shape index (κ3) is 3.43. The molecule has 0 bridgehead atoms. The van der Waals surface area contributed by atoms with Crippen LogP contribution in [-0.2, 0) is 18.3 Å². The molecule has 0 saturated heterocycles. The second kappa shape index (κ2) is 7.59. The van der Waals surface area contributed by atoms with Crippen LogP contribution in [0, 0.1) is 0 Å². The number of aryl methyl sites for hydroxylation is 2. The molecule has 0 unspecified atom stereocenters. The van der Waals surface area contributed by atoms with Crippen molar-refractivity contribution in [3.8, 4) is 11.1 Å². The van der Waals surface area contributed by atoms with Crippen LogP contribution < -0.4 is 4.90 Å². The van der Waals surface area contributed by atoms with Crippen LogP contribution in [0.25, 0.3) is 11.1 Å². The van der Waals surface area contributed by atoms with Crippen molar-refractivity contribution in [3.63, 3.8) is 0 Å². The molecule has 0 N–H and O–H groups in total. The molecule has 2 aromatic rings. The molecule has 4 heterocycles. The van der Waals surface area contributed by atoms with Crippen molar-refractivity contribution in [3.05, 3.63) is 46.8 Å². The number of halogens is 2. The van der Waals surface area contributed by atoms with Gasteiger partial charge in [0, 0.05) is 62.2 Å². The Hall–Kier alpha value is -3.03. The number of anilines is 1. The third-order valence-electron chi connectivity index (χ3n) is 6.47. The van der Waals surface area contributed by atoms with Crippen molar-refractivity contribution in [2.75, 3.05) is 31.1 Å². The summed E-state index contributed by atoms with van der Waals surface area (Å²) in [7, 11) is 1.78. The molecule has 1 amide bonds. The Balaban J connectivity index is 1.56. The van der Waals surface area contributed by atoms with Gasteiger partial charge in [0.2, 0.25) is 5.91 Å². The lowest BCUT2D eigenvalue weighted by atomic mass is 9.92. The van der Waals surface area contributed by atoms with Gasteiger partial charge < -0.3 is 9.80 Å². The minimum absolute atomic E-state index is 0.0143. The van der Waals surface area contributed by atoms with Gasteiger partial charge in [-0.3, -0.25) is 14.5 Å². The first-order chi connectivity index (χ1) is 14.9. The lowest BCUT2D eigenvalue weighted by molar-refractivity contribution is -0.128. The number of fused-ring (bicyclic) bond motifs is 1. The molecule has 0 saturated carbocycles. The molecule has 0 radical (unpaired) electrons. The minimum atomic E-state index is -2.59. The maximum atomic E-state index is 14.1. The highest BCUT2D eigenvalue weighted by Crippen LogP contribution is 2.40.